The number of anilines is 1. The van der Waals surface area contributed by atoms with E-state index in [-0.39, 0.29) is 6.04 Å². The van der Waals surface area contributed by atoms with Crippen LogP contribution in [0.1, 0.15) is 31.9 Å². The van der Waals surface area contributed by atoms with Crippen LogP contribution in [0.15, 0.2) is 24.3 Å². The molecular formula is C18H29N3O2. The molecule has 0 spiro atoms. The Morgan fingerprint density at radius 3 is 2.43 bits per heavy atom. The molecule has 0 radical (unpaired) electrons. The van der Waals surface area contributed by atoms with Gasteiger partial charge in [-0.3, -0.25) is 9.69 Å². The lowest BCUT2D eigenvalue weighted by molar-refractivity contribution is -0.145. The smallest absolute Gasteiger partial charge is 0.325 e. The van der Waals surface area contributed by atoms with Gasteiger partial charge in [0.25, 0.3) is 0 Å². The summed E-state index contributed by atoms with van der Waals surface area (Å²) in [7, 11) is 3.97. The molecule has 5 heteroatoms. The van der Waals surface area contributed by atoms with Gasteiger partial charge in [-0.1, -0.05) is 19.1 Å². The van der Waals surface area contributed by atoms with Crippen LogP contribution in [0, 0.1) is 0 Å². The van der Waals surface area contributed by atoms with Crippen LogP contribution in [0.25, 0.3) is 0 Å². The van der Waals surface area contributed by atoms with Crippen LogP contribution in [-0.2, 0) is 4.79 Å². The largest absolute Gasteiger partial charge is 0.480 e. The number of carboxylic acids is 1. The van der Waals surface area contributed by atoms with E-state index in [0.717, 1.165) is 43.9 Å². The molecule has 1 fully saturated rings. The molecule has 1 heterocycles. The van der Waals surface area contributed by atoms with Crippen molar-refractivity contribution < 1.29 is 9.90 Å². The minimum Gasteiger partial charge on any atom is -0.480 e. The first-order chi connectivity index (χ1) is 10.9. The number of aliphatic carboxylic acids is 1. The summed E-state index contributed by atoms with van der Waals surface area (Å²) in [6.45, 7) is 8.08. The Labute approximate surface area is 139 Å². The summed E-state index contributed by atoms with van der Waals surface area (Å²) in [4.78, 5) is 18.5. The maximum Gasteiger partial charge on any atom is 0.325 e. The van der Waals surface area contributed by atoms with E-state index < -0.39 is 12.0 Å². The molecular weight excluding hydrogens is 290 g/mol. The SMILES string of the molecule is CCCN1CCN(C(C(=O)O)c2ccc(N(C)C)cc2)C(C)C1. The molecule has 0 aliphatic carbocycles. The van der Waals surface area contributed by atoms with Gasteiger partial charge in [-0.2, -0.15) is 0 Å². The summed E-state index contributed by atoms with van der Waals surface area (Å²) in [5.41, 5.74) is 1.94. The number of benzene rings is 1. The minimum absolute atomic E-state index is 0.241. The normalized spacial score (nSPS) is 21.1. The lowest BCUT2D eigenvalue weighted by atomic mass is 10.0. The second-order valence-corrected chi connectivity index (χ2v) is 6.61. The second kappa shape index (κ2) is 7.79. The zero-order chi connectivity index (χ0) is 17.0. The second-order valence-electron chi connectivity index (χ2n) is 6.61. The van der Waals surface area contributed by atoms with Crippen molar-refractivity contribution in [3.8, 4) is 0 Å². The summed E-state index contributed by atoms with van der Waals surface area (Å²) in [5.74, 6) is -0.765. The van der Waals surface area contributed by atoms with E-state index >= 15 is 0 Å². The van der Waals surface area contributed by atoms with Crippen LogP contribution in [-0.4, -0.2) is 67.2 Å². The van der Waals surface area contributed by atoms with E-state index in [1.165, 1.54) is 0 Å². The van der Waals surface area contributed by atoms with Gasteiger partial charge in [0.15, 0.2) is 0 Å². The number of nitrogens with zero attached hydrogens (tertiary/aromatic N) is 3. The lowest BCUT2D eigenvalue weighted by Gasteiger charge is -2.42. The molecule has 5 nitrogen and oxygen atoms in total. The predicted octanol–water partition coefficient (Wildman–Crippen LogP) is 2.29. The highest BCUT2D eigenvalue weighted by atomic mass is 16.4. The summed E-state index contributed by atoms with van der Waals surface area (Å²) in [6.07, 6.45) is 1.14. The van der Waals surface area contributed by atoms with Crippen molar-refractivity contribution in [3.63, 3.8) is 0 Å². The molecule has 0 saturated carbocycles. The molecule has 2 unspecified atom stereocenters. The number of carboxylic acid groups (broad SMARTS) is 1. The van der Waals surface area contributed by atoms with Gasteiger partial charge in [-0.05, 0) is 37.6 Å². The quantitative estimate of drug-likeness (QED) is 0.872. The van der Waals surface area contributed by atoms with Gasteiger partial charge in [-0.15, -0.1) is 0 Å². The summed E-state index contributed by atoms with van der Waals surface area (Å²) < 4.78 is 0. The Kier molecular flexibility index (Phi) is 6.02. The summed E-state index contributed by atoms with van der Waals surface area (Å²) in [6, 6.07) is 7.54. The van der Waals surface area contributed by atoms with Gasteiger partial charge < -0.3 is 14.9 Å². The standard InChI is InChI=1S/C18H29N3O2/c1-5-10-20-11-12-21(14(2)13-20)17(18(22)23)15-6-8-16(9-7-15)19(3)4/h6-9,14,17H,5,10-13H2,1-4H3,(H,22,23). The van der Waals surface area contributed by atoms with Crippen LogP contribution < -0.4 is 4.90 Å². The van der Waals surface area contributed by atoms with Gasteiger partial charge in [0.05, 0.1) is 0 Å². The molecule has 0 aromatic heterocycles. The van der Waals surface area contributed by atoms with Gasteiger partial charge >= 0.3 is 5.97 Å². The average Bonchev–Trinajstić information content (AvgIpc) is 2.50. The molecule has 2 rings (SSSR count). The molecule has 2 atom stereocenters. The van der Waals surface area contributed by atoms with E-state index in [9.17, 15) is 9.90 Å². The van der Waals surface area contributed by atoms with Crippen LogP contribution in [0.3, 0.4) is 0 Å². The first-order valence-electron chi connectivity index (χ1n) is 8.42. The van der Waals surface area contributed by atoms with E-state index in [2.05, 4.69) is 23.6 Å². The fourth-order valence-electron chi connectivity index (χ4n) is 3.38. The molecule has 1 aliphatic rings. The third-order valence-electron chi connectivity index (χ3n) is 4.59. The first kappa shape index (κ1) is 17.8. The maximum atomic E-state index is 11.9. The number of hydrogen-bond donors (Lipinski definition) is 1. The number of carbonyl (C=O) groups is 1. The molecule has 0 amide bonds. The highest BCUT2D eigenvalue weighted by Crippen LogP contribution is 2.27. The molecule has 1 saturated heterocycles. The molecule has 1 aromatic carbocycles. The highest BCUT2D eigenvalue weighted by Gasteiger charge is 2.34. The zero-order valence-corrected chi connectivity index (χ0v) is 14.7. The molecule has 23 heavy (non-hydrogen) atoms. The van der Waals surface area contributed by atoms with Crippen molar-refractivity contribution in [2.75, 3.05) is 45.2 Å². The zero-order valence-electron chi connectivity index (χ0n) is 14.7. The average molecular weight is 319 g/mol. The molecule has 1 N–H and O–H groups in total. The Morgan fingerprint density at radius 2 is 1.96 bits per heavy atom. The number of rotatable bonds is 6. The van der Waals surface area contributed by atoms with Crippen LogP contribution >= 0.6 is 0 Å². The summed E-state index contributed by atoms with van der Waals surface area (Å²) >= 11 is 0. The Morgan fingerprint density at radius 1 is 1.30 bits per heavy atom. The minimum atomic E-state index is -0.765. The van der Waals surface area contributed by atoms with E-state index in [1.54, 1.807) is 0 Å². The Bertz CT molecular complexity index is 516. The number of piperazine rings is 1. The van der Waals surface area contributed by atoms with E-state index in [1.807, 2.05) is 43.3 Å². The fourth-order valence-corrected chi connectivity index (χ4v) is 3.38. The van der Waals surface area contributed by atoms with Gasteiger partial charge in [0, 0.05) is 45.5 Å². The third-order valence-corrected chi connectivity index (χ3v) is 4.59. The van der Waals surface area contributed by atoms with Crippen molar-refractivity contribution in [1.82, 2.24) is 9.80 Å². The number of hydrogen-bond acceptors (Lipinski definition) is 4. The Balaban J connectivity index is 2.17. The van der Waals surface area contributed by atoms with Crippen LogP contribution in [0.2, 0.25) is 0 Å². The molecule has 1 aromatic rings. The fraction of sp³-hybridized carbons (Fsp3) is 0.611. The van der Waals surface area contributed by atoms with Crippen LogP contribution in [0.5, 0.6) is 0 Å². The third kappa shape index (κ3) is 4.24. The molecule has 1 aliphatic heterocycles. The maximum absolute atomic E-state index is 11.9. The van der Waals surface area contributed by atoms with Crippen molar-refractivity contribution in [2.45, 2.75) is 32.4 Å². The monoisotopic (exact) mass is 319 g/mol. The molecule has 0 bridgehead atoms. The van der Waals surface area contributed by atoms with Crippen molar-refractivity contribution >= 4 is 11.7 Å². The first-order valence-corrected chi connectivity index (χ1v) is 8.42. The van der Waals surface area contributed by atoms with Gasteiger partial charge in [0.2, 0.25) is 0 Å². The van der Waals surface area contributed by atoms with E-state index in [4.69, 9.17) is 0 Å². The van der Waals surface area contributed by atoms with Crippen molar-refractivity contribution in [3.05, 3.63) is 29.8 Å². The van der Waals surface area contributed by atoms with Crippen molar-refractivity contribution in [2.24, 2.45) is 0 Å². The van der Waals surface area contributed by atoms with Crippen molar-refractivity contribution in [1.29, 1.82) is 0 Å². The predicted molar refractivity (Wildman–Crippen MR) is 94.0 cm³/mol. The lowest BCUT2D eigenvalue weighted by Crippen LogP contribution is -2.54. The topological polar surface area (TPSA) is 47.0 Å². The Hall–Kier alpha value is -1.59. The van der Waals surface area contributed by atoms with Gasteiger partial charge in [-0.25, -0.2) is 0 Å². The van der Waals surface area contributed by atoms with Crippen LogP contribution in [0.4, 0.5) is 5.69 Å². The molecule has 128 valence electrons. The summed E-state index contributed by atoms with van der Waals surface area (Å²) in [5, 5.41) is 9.78. The van der Waals surface area contributed by atoms with E-state index in [0.29, 0.717) is 0 Å². The van der Waals surface area contributed by atoms with Gasteiger partial charge in [0.1, 0.15) is 6.04 Å². The highest BCUT2D eigenvalue weighted by molar-refractivity contribution is 5.76.